The third kappa shape index (κ3) is 5.65. The zero-order chi connectivity index (χ0) is 26.2. The van der Waals surface area contributed by atoms with Crippen molar-refractivity contribution in [1.29, 1.82) is 0 Å². The van der Waals surface area contributed by atoms with Crippen LogP contribution in [0.4, 0.5) is 26.3 Å². The zero-order valence-electron chi connectivity index (χ0n) is 19.8. The number of aliphatic hydroxyl groups is 3. The molecule has 2 saturated carbocycles. The van der Waals surface area contributed by atoms with E-state index in [2.05, 4.69) is 13.0 Å². The summed E-state index contributed by atoms with van der Waals surface area (Å²) in [6, 6.07) is 0. The summed E-state index contributed by atoms with van der Waals surface area (Å²) in [4.78, 5) is 0. The summed E-state index contributed by atoms with van der Waals surface area (Å²) >= 11 is 0. The van der Waals surface area contributed by atoms with Crippen LogP contribution in [0.5, 0.6) is 0 Å². The van der Waals surface area contributed by atoms with Gasteiger partial charge in [-0.1, -0.05) is 54.7 Å². The van der Waals surface area contributed by atoms with E-state index in [9.17, 15) is 41.7 Å². The lowest BCUT2D eigenvalue weighted by Gasteiger charge is -2.42. The number of fused-ring (bicyclic) bond motifs is 1. The van der Waals surface area contributed by atoms with Crippen LogP contribution in [0.15, 0.2) is 34.9 Å². The number of alkyl halides is 6. The molecule has 3 nitrogen and oxygen atoms in total. The van der Waals surface area contributed by atoms with Gasteiger partial charge in [0.15, 0.2) is 0 Å². The summed E-state index contributed by atoms with van der Waals surface area (Å²) in [6.45, 7) is 3.82. The first-order valence-corrected chi connectivity index (χ1v) is 11.9. The third-order valence-corrected chi connectivity index (χ3v) is 7.71. The number of hydrogen-bond donors (Lipinski definition) is 3. The van der Waals surface area contributed by atoms with Crippen LogP contribution in [0.2, 0.25) is 0 Å². The molecule has 0 amide bonds. The van der Waals surface area contributed by atoms with Crippen LogP contribution in [0.3, 0.4) is 0 Å². The molecule has 0 aromatic carbocycles. The maximum Gasteiger partial charge on any atom is 0.438 e. The van der Waals surface area contributed by atoms with Crippen molar-refractivity contribution in [2.24, 2.45) is 17.3 Å². The molecule has 0 saturated heterocycles. The van der Waals surface area contributed by atoms with Crippen molar-refractivity contribution in [3.8, 4) is 11.8 Å². The molecule has 0 bridgehead atoms. The smallest absolute Gasteiger partial charge is 0.393 e. The van der Waals surface area contributed by atoms with E-state index in [1.165, 1.54) is 5.57 Å². The summed E-state index contributed by atoms with van der Waals surface area (Å²) in [7, 11) is 0. The van der Waals surface area contributed by atoms with Gasteiger partial charge in [0.2, 0.25) is 0 Å². The molecule has 3 unspecified atom stereocenters. The Kier molecular flexibility index (Phi) is 7.91. The molecule has 0 spiro atoms. The van der Waals surface area contributed by atoms with Crippen molar-refractivity contribution in [1.82, 2.24) is 0 Å². The molecule has 0 aromatic heterocycles. The molecule has 3 N–H and O–H groups in total. The molecule has 0 aliphatic heterocycles. The van der Waals surface area contributed by atoms with E-state index in [0.29, 0.717) is 19.3 Å². The lowest BCUT2D eigenvalue weighted by atomic mass is 9.62. The van der Waals surface area contributed by atoms with Crippen LogP contribution < -0.4 is 0 Å². The molecule has 5 atom stereocenters. The molecule has 2 fully saturated rings. The van der Waals surface area contributed by atoms with Crippen molar-refractivity contribution in [2.75, 3.05) is 0 Å². The lowest BCUT2D eigenvalue weighted by Crippen LogP contribution is -2.55. The first-order valence-electron chi connectivity index (χ1n) is 11.9. The SMILES string of the molecule is CC(CC#CC(O)(C(F)(F)F)C(F)(F)F)C1=CCC2/C(=C/C=C3/CC(O)C[C@H](O)C3)CCC[C@]12C. The lowest BCUT2D eigenvalue weighted by molar-refractivity contribution is -0.343. The van der Waals surface area contributed by atoms with Gasteiger partial charge in [-0.05, 0) is 68.1 Å². The molecule has 0 radical (unpaired) electrons. The standard InChI is InChI=1S/C26H32F6O3/c1-16(5-3-12-24(35,25(27,28)29)26(30,31)32)21-9-10-22-18(6-4-11-23(21,22)2)8-7-17-13-19(33)15-20(34)14-17/h7-9,16,19-20,22,33-35H,4-6,10-11,13-15H2,1-2H3/b17-7-,18-8+/t16?,19?,20-,22?,23-/m1/s1. The number of halogens is 6. The highest BCUT2D eigenvalue weighted by atomic mass is 19.4. The van der Waals surface area contributed by atoms with Crippen molar-refractivity contribution >= 4 is 0 Å². The Hall–Kier alpha value is -1.76. The van der Waals surface area contributed by atoms with Gasteiger partial charge >= 0.3 is 18.0 Å². The molecule has 0 aromatic rings. The number of rotatable bonds is 3. The molecule has 35 heavy (non-hydrogen) atoms. The maximum absolute atomic E-state index is 12.9. The van der Waals surface area contributed by atoms with Crippen LogP contribution in [0.25, 0.3) is 0 Å². The number of allylic oxidation sites excluding steroid dienone is 5. The van der Waals surface area contributed by atoms with Crippen molar-refractivity contribution in [3.63, 3.8) is 0 Å². The monoisotopic (exact) mass is 506 g/mol. The highest BCUT2D eigenvalue weighted by molar-refractivity contribution is 5.35. The Balaban J connectivity index is 1.75. The van der Waals surface area contributed by atoms with Gasteiger partial charge in [0.05, 0.1) is 12.2 Å². The van der Waals surface area contributed by atoms with Gasteiger partial charge in [-0.15, -0.1) is 0 Å². The predicted octanol–water partition coefficient (Wildman–Crippen LogP) is 5.77. The van der Waals surface area contributed by atoms with E-state index in [1.807, 2.05) is 18.1 Å². The Morgan fingerprint density at radius 3 is 2.26 bits per heavy atom. The molecule has 196 valence electrons. The number of aliphatic hydroxyl groups excluding tert-OH is 2. The average molecular weight is 507 g/mol. The fraction of sp³-hybridized carbons (Fsp3) is 0.692. The molecule has 9 heteroatoms. The van der Waals surface area contributed by atoms with Crippen molar-refractivity contribution < 1.29 is 41.7 Å². The highest BCUT2D eigenvalue weighted by Crippen LogP contribution is 2.57. The van der Waals surface area contributed by atoms with Crippen LogP contribution in [-0.2, 0) is 0 Å². The van der Waals surface area contributed by atoms with E-state index in [-0.39, 0.29) is 23.7 Å². The van der Waals surface area contributed by atoms with E-state index in [0.717, 1.165) is 42.7 Å². The maximum atomic E-state index is 12.9. The zero-order valence-corrected chi connectivity index (χ0v) is 19.8. The molecule has 3 aliphatic rings. The minimum Gasteiger partial charge on any atom is -0.393 e. The first-order chi connectivity index (χ1) is 16.1. The van der Waals surface area contributed by atoms with E-state index >= 15 is 0 Å². The number of hydrogen-bond acceptors (Lipinski definition) is 3. The Morgan fingerprint density at radius 2 is 1.69 bits per heavy atom. The van der Waals surface area contributed by atoms with Gasteiger partial charge in [0.25, 0.3) is 0 Å². The summed E-state index contributed by atoms with van der Waals surface area (Å²) in [5.41, 5.74) is -2.16. The second-order valence-electron chi connectivity index (χ2n) is 10.3. The summed E-state index contributed by atoms with van der Waals surface area (Å²) in [6.07, 6.45) is -2.46. The molecular weight excluding hydrogens is 474 g/mol. The predicted molar refractivity (Wildman–Crippen MR) is 119 cm³/mol. The second-order valence-corrected chi connectivity index (χ2v) is 10.3. The van der Waals surface area contributed by atoms with Gasteiger partial charge < -0.3 is 15.3 Å². The topological polar surface area (TPSA) is 60.7 Å². The van der Waals surface area contributed by atoms with Crippen molar-refractivity contribution in [2.45, 2.75) is 95.4 Å². The minimum absolute atomic E-state index is 0.166. The normalized spacial score (nSPS) is 33.2. The van der Waals surface area contributed by atoms with Gasteiger partial charge in [0.1, 0.15) is 0 Å². The quantitative estimate of drug-likeness (QED) is 0.259. The largest absolute Gasteiger partial charge is 0.438 e. The molecule has 0 heterocycles. The Labute approximate surface area is 201 Å². The average Bonchev–Trinajstić information content (AvgIpc) is 3.07. The summed E-state index contributed by atoms with van der Waals surface area (Å²) < 4.78 is 77.3. The van der Waals surface area contributed by atoms with E-state index < -0.39 is 30.2 Å². The third-order valence-electron chi connectivity index (χ3n) is 7.71. The van der Waals surface area contributed by atoms with Crippen molar-refractivity contribution in [3.05, 3.63) is 34.9 Å². The molecule has 3 rings (SSSR count). The minimum atomic E-state index is -5.95. The van der Waals surface area contributed by atoms with Crippen LogP contribution in [0.1, 0.15) is 65.2 Å². The highest BCUT2D eigenvalue weighted by Gasteiger charge is 2.70. The second kappa shape index (κ2) is 9.95. The van der Waals surface area contributed by atoms with Gasteiger partial charge in [-0.25, -0.2) is 0 Å². The van der Waals surface area contributed by atoms with Crippen LogP contribution in [-0.4, -0.2) is 45.5 Å². The van der Waals surface area contributed by atoms with Gasteiger partial charge in [0, 0.05) is 6.42 Å². The fourth-order valence-electron chi connectivity index (χ4n) is 5.89. The fourth-order valence-corrected chi connectivity index (χ4v) is 5.89. The van der Waals surface area contributed by atoms with Crippen LogP contribution >= 0.6 is 0 Å². The van der Waals surface area contributed by atoms with Crippen LogP contribution in [0, 0.1) is 29.1 Å². The summed E-state index contributed by atoms with van der Waals surface area (Å²) in [5, 5.41) is 29.1. The van der Waals surface area contributed by atoms with E-state index in [4.69, 9.17) is 0 Å². The summed E-state index contributed by atoms with van der Waals surface area (Å²) in [5.74, 6) is 2.81. The van der Waals surface area contributed by atoms with E-state index in [1.54, 1.807) is 6.92 Å². The Morgan fingerprint density at radius 1 is 1.09 bits per heavy atom. The van der Waals surface area contributed by atoms with Gasteiger partial charge in [-0.3, -0.25) is 0 Å². The van der Waals surface area contributed by atoms with Gasteiger partial charge in [-0.2, -0.15) is 26.3 Å². The first kappa shape index (κ1) is 27.8. The Bertz CT molecular complexity index is 923. The molecular formula is C26H32F6O3. The molecule has 3 aliphatic carbocycles.